The summed E-state index contributed by atoms with van der Waals surface area (Å²) in [6.07, 6.45) is 5.32. The first-order chi connectivity index (χ1) is 11.6. The topological polar surface area (TPSA) is 66.8 Å². The van der Waals surface area contributed by atoms with Gasteiger partial charge in [0, 0.05) is 42.9 Å². The molecule has 2 aromatic rings. The molecule has 3 heterocycles. The third-order valence-corrected chi connectivity index (χ3v) is 5.05. The van der Waals surface area contributed by atoms with Gasteiger partial charge in [0.2, 0.25) is 5.95 Å². The summed E-state index contributed by atoms with van der Waals surface area (Å²) in [5, 5.41) is 7.33. The predicted octanol–water partition coefficient (Wildman–Crippen LogP) is 2.83. The fourth-order valence-corrected chi connectivity index (χ4v) is 3.64. The molecule has 1 saturated heterocycles. The summed E-state index contributed by atoms with van der Waals surface area (Å²) < 4.78 is 16.0. The van der Waals surface area contributed by atoms with Gasteiger partial charge in [-0.1, -0.05) is 0 Å². The van der Waals surface area contributed by atoms with Crippen molar-refractivity contribution in [3.8, 4) is 0 Å². The Hall–Kier alpha value is -2.09. The number of piperidine rings is 1. The second-order valence-electron chi connectivity index (χ2n) is 6.42. The lowest BCUT2D eigenvalue weighted by Crippen LogP contribution is -2.38. The minimum absolute atomic E-state index is 0.143. The van der Waals surface area contributed by atoms with Crippen LogP contribution in [-0.2, 0) is 0 Å². The first-order valence-electron chi connectivity index (χ1n) is 8.21. The maximum absolute atomic E-state index is 13.2. The summed E-state index contributed by atoms with van der Waals surface area (Å²) in [6.45, 7) is 1.27. The zero-order valence-electron chi connectivity index (χ0n) is 13.1. The molecular formula is C16H18FN5OS. The quantitative estimate of drug-likeness (QED) is 0.685. The van der Waals surface area contributed by atoms with Gasteiger partial charge >= 0.3 is 0 Å². The van der Waals surface area contributed by atoms with Gasteiger partial charge in [-0.3, -0.25) is 9.89 Å². The van der Waals surface area contributed by atoms with Crippen molar-refractivity contribution in [2.24, 2.45) is 0 Å². The normalized spacial score (nSPS) is 18.8. The largest absolute Gasteiger partial charge is 0.339 e. The number of nitrogens with zero attached hydrogens (tertiary/aromatic N) is 4. The van der Waals surface area contributed by atoms with Crippen molar-refractivity contribution in [1.82, 2.24) is 24.6 Å². The van der Waals surface area contributed by atoms with Crippen LogP contribution in [0, 0.1) is 10.7 Å². The molecule has 2 fully saturated rings. The number of H-pyrrole nitrogens is 1. The van der Waals surface area contributed by atoms with Gasteiger partial charge in [0.25, 0.3) is 5.91 Å². The maximum atomic E-state index is 13.2. The maximum Gasteiger partial charge on any atom is 0.254 e. The molecule has 0 unspecified atom stereocenters. The van der Waals surface area contributed by atoms with E-state index in [2.05, 4.69) is 19.7 Å². The van der Waals surface area contributed by atoms with Crippen LogP contribution < -0.4 is 0 Å². The summed E-state index contributed by atoms with van der Waals surface area (Å²) >= 11 is 5.34. The lowest BCUT2D eigenvalue weighted by atomic mass is 9.95. The van der Waals surface area contributed by atoms with Crippen LogP contribution in [0.25, 0.3) is 0 Å². The molecule has 1 aliphatic heterocycles. The van der Waals surface area contributed by atoms with Crippen LogP contribution in [0.2, 0.25) is 0 Å². The number of rotatable bonds is 3. The van der Waals surface area contributed by atoms with E-state index in [1.54, 1.807) is 11.0 Å². The standard InChI is InChI=1S/C16H18FN5OS/c17-13-9-11(3-6-18-13)15(23)21-7-4-10(5-8-21)14-19-20-16(24)22(14)12-1-2-12/h3,6,9-10,12H,1-2,4-5,7-8H2,(H,20,24). The Morgan fingerprint density at radius 2 is 2.04 bits per heavy atom. The zero-order chi connectivity index (χ0) is 16.7. The molecule has 126 valence electrons. The molecular weight excluding hydrogens is 329 g/mol. The highest BCUT2D eigenvalue weighted by molar-refractivity contribution is 7.71. The molecule has 0 radical (unpaired) electrons. The molecule has 6 nitrogen and oxygen atoms in total. The monoisotopic (exact) mass is 347 g/mol. The number of carbonyl (C=O) groups excluding carboxylic acids is 1. The van der Waals surface area contributed by atoms with Gasteiger partial charge in [0.15, 0.2) is 4.77 Å². The third-order valence-electron chi connectivity index (χ3n) is 4.76. The molecule has 2 aromatic heterocycles. The number of aromatic nitrogens is 4. The summed E-state index contributed by atoms with van der Waals surface area (Å²) in [6, 6.07) is 3.23. The Morgan fingerprint density at radius 3 is 2.71 bits per heavy atom. The van der Waals surface area contributed by atoms with Crippen LogP contribution in [0.15, 0.2) is 18.3 Å². The fourth-order valence-electron chi connectivity index (χ4n) is 3.35. The second kappa shape index (κ2) is 6.08. The van der Waals surface area contributed by atoms with E-state index in [4.69, 9.17) is 12.2 Å². The first-order valence-corrected chi connectivity index (χ1v) is 8.62. The van der Waals surface area contributed by atoms with E-state index in [1.807, 2.05) is 0 Å². The Morgan fingerprint density at radius 1 is 1.29 bits per heavy atom. The van der Waals surface area contributed by atoms with Crippen LogP contribution in [0.1, 0.15) is 53.8 Å². The van der Waals surface area contributed by atoms with Gasteiger partial charge < -0.3 is 9.47 Å². The average molecular weight is 347 g/mol. The second-order valence-corrected chi connectivity index (χ2v) is 6.81. The lowest BCUT2D eigenvalue weighted by molar-refractivity contribution is 0.0709. The van der Waals surface area contributed by atoms with Crippen molar-refractivity contribution in [1.29, 1.82) is 0 Å². The molecule has 8 heteroatoms. The fraction of sp³-hybridized carbons (Fsp3) is 0.500. The number of halogens is 1. The Balaban J connectivity index is 1.45. The van der Waals surface area contributed by atoms with E-state index in [0.717, 1.165) is 31.5 Å². The number of likely N-dealkylation sites (tertiary alicyclic amines) is 1. The van der Waals surface area contributed by atoms with Crippen LogP contribution in [0.5, 0.6) is 0 Å². The predicted molar refractivity (Wildman–Crippen MR) is 87.8 cm³/mol. The summed E-state index contributed by atoms with van der Waals surface area (Å²) in [5.74, 6) is 0.549. The average Bonchev–Trinajstić information content (AvgIpc) is 3.36. The van der Waals surface area contributed by atoms with E-state index >= 15 is 0 Å². The first kappa shape index (κ1) is 15.4. The zero-order valence-corrected chi connectivity index (χ0v) is 13.9. The highest BCUT2D eigenvalue weighted by atomic mass is 32.1. The van der Waals surface area contributed by atoms with Gasteiger partial charge in [0.1, 0.15) is 5.82 Å². The SMILES string of the molecule is O=C(c1ccnc(F)c1)N1CCC(c2n[nH]c(=S)n2C2CC2)CC1. The van der Waals surface area contributed by atoms with Crippen molar-refractivity contribution in [2.45, 2.75) is 37.6 Å². The summed E-state index contributed by atoms with van der Waals surface area (Å²) in [5.41, 5.74) is 0.349. The lowest BCUT2D eigenvalue weighted by Gasteiger charge is -2.31. The molecule has 4 rings (SSSR count). The van der Waals surface area contributed by atoms with Gasteiger partial charge in [-0.2, -0.15) is 9.49 Å². The van der Waals surface area contributed by atoms with E-state index < -0.39 is 5.95 Å². The molecule has 1 saturated carbocycles. The number of carbonyl (C=O) groups is 1. The minimum Gasteiger partial charge on any atom is -0.339 e. The van der Waals surface area contributed by atoms with Crippen molar-refractivity contribution < 1.29 is 9.18 Å². The Kier molecular flexibility index (Phi) is 3.91. The van der Waals surface area contributed by atoms with E-state index in [1.165, 1.54) is 12.3 Å². The summed E-state index contributed by atoms with van der Waals surface area (Å²) in [7, 11) is 0. The number of amides is 1. The van der Waals surface area contributed by atoms with Crippen LogP contribution in [0.3, 0.4) is 0 Å². The van der Waals surface area contributed by atoms with Gasteiger partial charge in [-0.05, 0) is 44.0 Å². The number of hydrogen-bond acceptors (Lipinski definition) is 4. The molecule has 0 bridgehead atoms. The highest BCUT2D eigenvalue weighted by Crippen LogP contribution is 2.39. The van der Waals surface area contributed by atoms with Crippen molar-refractivity contribution in [3.63, 3.8) is 0 Å². The minimum atomic E-state index is -0.629. The van der Waals surface area contributed by atoms with Crippen LogP contribution in [-0.4, -0.2) is 43.6 Å². The van der Waals surface area contributed by atoms with Crippen LogP contribution >= 0.6 is 12.2 Å². The van der Waals surface area contributed by atoms with E-state index in [0.29, 0.717) is 35.4 Å². The molecule has 0 aromatic carbocycles. The number of pyridine rings is 1. The Labute approximate surface area is 143 Å². The molecule has 24 heavy (non-hydrogen) atoms. The third kappa shape index (κ3) is 2.86. The molecule has 1 aliphatic carbocycles. The number of hydrogen-bond donors (Lipinski definition) is 1. The van der Waals surface area contributed by atoms with E-state index in [9.17, 15) is 9.18 Å². The number of nitrogens with one attached hydrogen (secondary N) is 1. The summed E-state index contributed by atoms with van der Waals surface area (Å²) in [4.78, 5) is 17.7. The smallest absolute Gasteiger partial charge is 0.254 e. The highest BCUT2D eigenvalue weighted by Gasteiger charge is 2.32. The van der Waals surface area contributed by atoms with Gasteiger partial charge in [-0.25, -0.2) is 4.98 Å². The molecule has 0 spiro atoms. The van der Waals surface area contributed by atoms with Crippen LogP contribution in [0.4, 0.5) is 4.39 Å². The van der Waals surface area contributed by atoms with Crippen molar-refractivity contribution in [3.05, 3.63) is 40.4 Å². The van der Waals surface area contributed by atoms with E-state index in [-0.39, 0.29) is 5.91 Å². The van der Waals surface area contributed by atoms with Gasteiger partial charge in [0.05, 0.1) is 0 Å². The van der Waals surface area contributed by atoms with Crippen molar-refractivity contribution in [2.75, 3.05) is 13.1 Å². The molecule has 2 aliphatic rings. The number of aromatic amines is 1. The van der Waals surface area contributed by atoms with Gasteiger partial charge in [-0.15, -0.1) is 0 Å². The molecule has 1 N–H and O–H groups in total. The Bertz CT molecular complexity index is 820. The van der Waals surface area contributed by atoms with Crippen molar-refractivity contribution >= 4 is 18.1 Å². The molecule has 1 amide bonds. The molecule has 0 atom stereocenters.